The lowest BCUT2D eigenvalue weighted by atomic mass is 10.1. The van der Waals surface area contributed by atoms with E-state index in [1.54, 1.807) is 0 Å². The first-order valence-corrected chi connectivity index (χ1v) is 3.54. The van der Waals surface area contributed by atoms with Crippen molar-refractivity contribution < 1.29 is 12.6 Å². The van der Waals surface area contributed by atoms with Gasteiger partial charge in [-0.05, 0) is 12.0 Å². The van der Waals surface area contributed by atoms with Gasteiger partial charge in [-0.2, -0.15) is 0 Å². The molecule has 0 aromatic heterocycles. The second-order valence-corrected chi connectivity index (χ2v) is 2.49. The van der Waals surface area contributed by atoms with Crippen molar-refractivity contribution in [3.8, 4) is 0 Å². The lowest BCUT2D eigenvalue weighted by Crippen LogP contribution is -2.32. The van der Waals surface area contributed by atoms with Gasteiger partial charge in [-0.15, -0.1) is 0 Å². The summed E-state index contributed by atoms with van der Waals surface area (Å²) in [6, 6.07) is 3.84. The lowest BCUT2D eigenvalue weighted by molar-refractivity contribution is -0.138. The van der Waals surface area contributed by atoms with Gasteiger partial charge in [-0.25, -0.2) is 0 Å². The Morgan fingerprint density at radius 3 is 2.75 bits per heavy atom. The molecule has 0 bridgehead atoms. The van der Waals surface area contributed by atoms with E-state index in [-0.39, 0.29) is 18.5 Å². The van der Waals surface area contributed by atoms with Crippen LogP contribution in [0.25, 0.3) is 0 Å². The summed E-state index contributed by atoms with van der Waals surface area (Å²) in [7, 11) is 0. The number of nitrogens with two attached hydrogens (primary N) is 1. The van der Waals surface area contributed by atoms with Crippen LogP contribution in [0.5, 0.6) is 0 Å². The summed E-state index contributed by atoms with van der Waals surface area (Å²) in [5.74, 6) is -1.08. The Balaban J connectivity index is 2.81. The van der Waals surface area contributed by atoms with Gasteiger partial charge in [0.25, 0.3) is 0 Å². The van der Waals surface area contributed by atoms with Gasteiger partial charge in [0.1, 0.15) is 6.04 Å². The van der Waals surface area contributed by atoms with Crippen LogP contribution in [0.4, 0.5) is 0 Å². The fourth-order valence-electron chi connectivity index (χ4n) is 0.846. The first-order valence-electron chi connectivity index (χ1n) is 4.54. The Morgan fingerprint density at radius 1 is 1.67 bits per heavy atom. The second-order valence-electron chi connectivity index (χ2n) is 2.49. The van der Waals surface area contributed by atoms with E-state index in [1.807, 2.05) is 0 Å². The smallest absolute Gasteiger partial charge is 0.320 e. The molecule has 3 nitrogen and oxygen atoms in total. The number of hydrogen-bond donors (Lipinski definition) is 2. The third-order valence-corrected chi connectivity index (χ3v) is 1.48. The molecule has 12 heavy (non-hydrogen) atoms. The molecule has 0 unspecified atom stereocenters. The molecule has 0 amide bonds. The van der Waals surface area contributed by atoms with Crippen LogP contribution in [0.3, 0.4) is 0 Å². The van der Waals surface area contributed by atoms with Crippen LogP contribution in [-0.2, 0) is 11.2 Å². The van der Waals surface area contributed by atoms with Gasteiger partial charge in [0.15, 0.2) is 0 Å². The van der Waals surface area contributed by atoms with E-state index in [0.29, 0.717) is 5.56 Å². The normalized spacial score (nSPS) is 14.8. The van der Waals surface area contributed by atoms with Crippen molar-refractivity contribution in [1.29, 1.82) is 0 Å². The van der Waals surface area contributed by atoms with Crippen LogP contribution in [0, 0.1) is 0 Å². The summed E-state index contributed by atoms with van der Waals surface area (Å²) in [6.07, 6.45) is 0.147. The summed E-state index contributed by atoms with van der Waals surface area (Å²) in [4.78, 5) is 10.5. The van der Waals surface area contributed by atoms with Gasteiger partial charge >= 0.3 is 5.97 Å². The zero-order chi connectivity index (χ0) is 10.7. The fraction of sp³-hybridized carbons (Fsp3) is 0.222. The average molecular weight is 167 g/mol. The fourth-order valence-corrected chi connectivity index (χ4v) is 0.846. The van der Waals surface area contributed by atoms with Crippen molar-refractivity contribution in [2.45, 2.75) is 12.5 Å². The molecule has 3 N–H and O–H groups in total. The van der Waals surface area contributed by atoms with Gasteiger partial charge < -0.3 is 10.8 Å². The van der Waals surface area contributed by atoms with Crippen molar-refractivity contribution in [3.63, 3.8) is 0 Å². The summed E-state index contributed by atoms with van der Waals surface area (Å²) < 4.78 is 14.6. The van der Waals surface area contributed by atoms with Gasteiger partial charge in [0.05, 0.1) is 2.74 Å². The maximum absolute atomic E-state index is 10.5. The molecule has 0 aliphatic rings. The minimum atomic E-state index is -1.08. The molecule has 0 saturated carbocycles. The third kappa shape index (κ3) is 2.36. The molecule has 0 spiro atoms. The minimum absolute atomic E-state index is 0.147. The number of carboxylic acids is 1. The van der Waals surface area contributed by atoms with E-state index in [9.17, 15) is 4.79 Å². The second kappa shape index (κ2) is 3.88. The van der Waals surface area contributed by atoms with Crippen LogP contribution >= 0.6 is 0 Å². The molecule has 64 valence electrons. The van der Waals surface area contributed by atoms with Crippen LogP contribution < -0.4 is 5.73 Å². The van der Waals surface area contributed by atoms with Crippen LogP contribution in [0.15, 0.2) is 30.3 Å². The molecule has 0 heterocycles. The Kier molecular flexibility index (Phi) is 2.00. The Hall–Kier alpha value is -1.35. The molecule has 1 atom stereocenters. The standard InChI is InChI=1S/C9H11NO2/c10-8(9(11)12)6-7-4-2-1-3-5-7/h1-5,8H,6,10H2,(H,11,12)/t8-/m0/s1/i2D,3D. The van der Waals surface area contributed by atoms with Gasteiger partial charge in [-0.3, -0.25) is 4.79 Å². The number of carbonyl (C=O) groups is 1. The topological polar surface area (TPSA) is 63.3 Å². The van der Waals surface area contributed by atoms with E-state index in [1.165, 1.54) is 18.2 Å². The Labute approximate surface area is 73.6 Å². The first-order chi connectivity index (χ1) is 6.49. The summed E-state index contributed by atoms with van der Waals surface area (Å²) in [5, 5.41) is 8.56. The Bertz CT molecular complexity index is 334. The van der Waals surface area contributed by atoms with Crippen LogP contribution in [-0.4, -0.2) is 17.1 Å². The Morgan fingerprint density at radius 2 is 2.25 bits per heavy atom. The molecule has 3 heteroatoms. The number of benzene rings is 1. The van der Waals surface area contributed by atoms with Crippen LogP contribution in [0.2, 0.25) is 0 Å². The number of hydrogen-bond acceptors (Lipinski definition) is 2. The highest BCUT2D eigenvalue weighted by Gasteiger charge is 2.10. The molecule has 1 aromatic carbocycles. The van der Waals surface area contributed by atoms with E-state index in [2.05, 4.69) is 0 Å². The van der Waals surface area contributed by atoms with E-state index in [0.717, 1.165) is 0 Å². The molecule has 0 aliphatic heterocycles. The average Bonchev–Trinajstić information content (AvgIpc) is 2.01. The van der Waals surface area contributed by atoms with Crippen molar-refractivity contribution in [1.82, 2.24) is 0 Å². The maximum Gasteiger partial charge on any atom is 0.320 e. The largest absolute Gasteiger partial charge is 0.480 e. The molecular formula is C9H11NO2. The quantitative estimate of drug-likeness (QED) is 0.694. The summed E-state index contributed by atoms with van der Waals surface area (Å²) in [6.45, 7) is 0. The maximum atomic E-state index is 10.5. The predicted molar refractivity (Wildman–Crippen MR) is 45.8 cm³/mol. The monoisotopic (exact) mass is 167 g/mol. The summed E-state index contributed by atoms with van der Waals surface area (Å²) >= 11 is 0. The molecule has 1 aromatic rings. The minimum Gasteiger partial charge on any atom is -0.480 e. The van der Waals surface area contributed by atoms with Gasteiger partial charge in [-0.1, -0.05) is 30.3 Å². The first kappa shape index (κ1) is 6.20. The molecule has 0 fully saturated rings. The highest BCUT2D eigenvalue weighted by atomic mass is 16.4. The van der Waals surface area contributed by atoms with E-state index < -0.39 is 12.0 Å². The number of carboxylic acid groups (broad SMARTS) is 1. The molecule has 0 aliphatic carbocycles. The van der Waals surface area contributed by atoms with E-state index in [4.69, 9.17) is 13.6 Å². The van der Waals surface area contributed by atoms with Crippen molar-refractivity contribution >= 4 is 5.97 Å². The van der Waals surface area contributed by atoms with E-state index >= 15 is 0 Å². The highest BCUT2D eigenvalue weighted by Crippen LogP contribution is 2.01. The lowest BCUT2D eigenvalue weighted by Gasteiger charge is -2.04. The zero-order valence-corrected chi connectivity index (χ0v) is 6.45. The van der Waals surface area contributed by atoms with Crippen LogP contribution in [0.1, 0.15) is 8.30 Å². The van der Waals surface area contributed by atoms with Gasteiger partial charge in [0, 0.05) is 0 Å². The van der Waals surface area contributed by atoms with Crippen molar-refractivity contribution in [2.24, 2.45) is 5.73 Å². The summed E-state index contributed by atoms with van der Waals surface area (Å²) in [5.41, 5.74) is 5.94. The van der Waals surface area contributed by atoms with Gasteiger partial charge in [0.2, 0.25) is 0 Å². The molecular weight excluding hydrogens is 154 g/mol. The highest BCUT2D eigenvalue weighted by molar-refractivity contribution is 5.73. The molecule has 0 radical (unpaired) electrons. The third-order valence-electron chi connectivity index (χ3n) is 1.48. The predicted octanol–water partition coefficient (Wildman–Crippen LogP) is 0.641. The van der Waals surface area contributed by atoms with Crippen molar-refractivity contribution in [2.75, 3.05) is 0 Å². The SMILES string of the molecule is [2H]c1cc([2H])cc(C[C@H](N)C(=O)O)c1. The van der Waals surface area contributed by atoms with Crippen molar-refractivity contribution in [3.05, 3.63) is 35.8 Å². The number of rotatable bonds is 3. The zero-order valence-electron chi connectivity index (χ0n) is 8.45. The molecule has 0 saturated heterocycles. The number of aliphatic carboxylic acids is 1. The molecule has 1 rings (SSSR count).